The van der Waals surface area contributed by atoms with Gasteiger partial charge < -0.3 is 5.11 Å². The minimum Gasteiger partial charge on any atom is -0.478 e. The number of carbonyl (C=O) groups excluding carboxylic acids is 1. The lowest BCUT2D eigenvalue weighted by molar-refractivity contribution is 0.0697. The first-order valence-electron chi connectivity index (χ1n) is 7.24. The van der Waals surface area contributed by atoms with Crippen molar-refractivity contribution in [3.05, 3.63) is 59.9 Å². The van der Waals surface area contributed by atoms with Gasteiger partial charge in [0, 0.05) is 24.5 Å². The van der Waals surface area contributed by atoms with E-state index in [1.807, 2.05) is 0 Å². The van der Waals surface area contributed by atoms with Crippen LogP contribution in [0.2, 0.25) is 0 Å². The summed E-state index contributed by atoms with van der Waals surface area (Å²) in [6, 6.07) is 11.8. The Morgan fingerprint density at radius 1 is 1.00 bits per heavy atom. The van der Waals surface area contributed by atoms with Gasteiger partial charge in [-0.25, -0.2) is 14.0 Å². The maximum atomic E-state index is 13.0. The van der Waals surface area contributed by atoms with E-state index in [-0.39, 0.29) is 17.4 Å². The molecule has 1 N–H and O–H groups in total. The summed E-state index contributed by atoms with van der Waals surface area (Å²) in [7, 11) is 0. The number of halogens is 1. The number of rotatable bonds is 3. The number of carboxylic acids is 1. The monoisotopic (exact) mass is 314 g/mol. The number of urea groups is 1. The van der Waals surface area contributed by atoms with Crippen molar-refractivity contribution >= 4 is 23.4 Å². The lowest BCUT2D eigenvalue weighted by atomic mass is 10.1. The molecule has 1 aliphatic heterocycles. The van der Waals surface area contributed by atoms with Crippen LogP contribution in [0.15, 0.2) is 48.5 Å². The predicted octanol–water partition coefficient (Wildman–Crippen LogP) is 3.36. The molecule has 118 valence electrons. The minimum absolute atomic E-state index is 0.134. The van der Waals surface area contributed by atoms with Gasteiger partial charge in [-0.3, -0.25) is 9.80 Å². The Morgan fingerprint density at radius 2 is 1.65 bits per heavy atom. The molecule has 1 fully saturated rings. The highest BCUT2D eigenvalue weighted by Crippen LogP contribution is 2.25. The van der Waals surface area contributed by atoms with Crippen LogP contribution < -0.4 is 9.80 Å². The summed E-state index contributed by atoms with van der Waals surface area (Å²) < 4.78 is 13.0. The number of anilines is 2. The summed E-state index contributed by atoms with van der Waals surface area (Å²) in [5.41, 5.74) is 1.30. The zero-order valence-electron chi connectivity index (χ0n) is 12.3. The van der Waals surface area contributed by atoms with Crippen LogP contribution in [0.3, 0.4) is 0 Å². The van der Waals surface area contributed by atoms with E-state index in [0.717, 1.165) is 6.42 Å². The Labute approximate surface area is 132 Å². The van der Waals surface area contributed by atoms with Gasteiger partial charge in [0.2, 0.25) is 0 Å². The van der Waals surface area contributed by atoms with Crippen molar-refractivity contribution in [1.29, 1.82) is 0 Å². The molecule has 1 heterocycles. The van der Waals surface area contributed by atoms with Gasteiger partial charge in [-0.05, 0) is 48.9 Å². The summed E-state index contributed by atoms with van der Waals surface area (Å²) in [6.45, 7) is 1.05. The van der Waals surface area contributed by atoms with Crippen LogP contribution in [0.4, 0.5) is 20.6 Å². The molecular formula is C17H15FN2O3. The van der Waals surface area contributed by atoms with Crippen molar-refractivity contribution < 1.29 is 19.1 Å². The number of nitrogens with zero attached hydrogens (tertiary/aromatic N) is 2. The highest BCUT2D eigenvalue weighted by molar-refractivity contribution is 6.05. The quantitative estimate of drug-likeness (QED) is 0.945. The normalized spacial score (nSPS) is 14.9. The van der Waals surface area contributed by atoms with Crippen molar-refractivity contribution in [2.75, 3.05) is 22.9 Å². The second kappa shape index (κ2) is 6.08. The molecule has 0 saturated carbocycles. The molecule has 0 bridgehead atoms. The molecule has 0 atom stereocenters. The van der Waals surface area contributed by atoms with E-state index < -0.39 is 5.97 Å². The van der Waals surface area contributed by atoms with Crippen LogP contribution in [0.5, 0.6) is 0 Å². The first kappa shape index (κ1) is 15.0. The molecule has 0 aliphatic carbocycles. The summed E-state index contributed by atoms with van der Waals surface area (Å²) in [4.78, 5) is 26.9. The molecule has 0 spiro atoms. The van der Waals surface area contributed by atoms with Gasteiger partial charge in [0.15, 0.2) is 0 Å². The number of amides is 2. The molecule has 0 unspecified atom stereocenters. The SMILES string of the molecule is O=C(O)c1cccc(N2CCCN(c3ccc(F)cc3)C2=O)c1. The summed E-state index contributed by atoms with van der Waals surface area (Å²) in [6.07, 6.45) is 0.737. The van der Waals surface area contributed by atoms with Gasteiger partial charge in [-0.1, -0.05) is 6.07 Å². The topological polar surface area (TPSA) is 60.9 Å². The van der Waals surface area contributed by atoms with E-state index >= 15 is 0 Å². The number of aromatic carboxylic acids is 1. The van der Waals surface area contributed by atoms with E-state index in [0.29, 0.717) is 24.5 Å². The molecule has 3 rings (SSSR count). The van der Waals surface area contributed by atoms with Gasteiger partial charge in [-0.2, -0.15) is 0 Å². The highest BCUT2D eigenvalue weighted by Gasteiger charge is 2.28. The third-order valence-corrected chi connectivity index (χ3v) is 3.77. The minimum atomic E-state index is -1.04. The Hall–Kier alpha value is -2.89. The lowest BCUT2D eigenvalue weighted by Gasteiger charge is -2.35. The highest BCUT2D eigenvalue weighted by atomic mass is 19.1. The van der Waals surface area contributed by atoms with Gasteiger partial charge >= 0.3 is 12.0 Å². The Bertz CT molecular complexity index is 746. The van der Waals surface area contributed by atoms with Crippen molar-refractivity contribution in [1.82, 2.24) is 0 Å². The van der Waals surface area contributed by atoms with E-state index in [4.69, 9.17) is 5.11 Å². The van der Waals surface area contributed by atoms with Crippen LogP contribution in [0.1, 0.15) is 16.8 Å². The van der Waals surface area contributed by atoms with E-state index in [1.165, 1.54) is 24.3 Å². The Balaban J connectivity index is 1.89. The third-order valence-electron chi connectivity index (χ3n) is 3.77. The van der Waals surface area contributed by atoms with Crippen LogP contribution in [-0.4, -0.2) is 30.2 Å². The number of benzene rings is 2. The summed E-state index contributed by atoms with van der Waals surface area (Å²) >= 11 is 0. The van der Waals surface area contributed by atoms with Gasteiger partial charge in [0.25, 0.3) is 0 Å². The molecule has 2 aromatic carbocycles. The molecule has 2 aromatic rings. The van der Waals surface area contributed by atoms with E-state index in [2.05, 4.69) is 0 Å². The van der Waals surface area contributed by atoms with Gasteiger partial charge in [-0.15, -0.1) is 0 Å². The zero-order chi connectivity index (χ0) is 16.4. The molecule has 2 amide bonds. The second-order valence-corrected chi connectivity index (χ2v) is 5.27. The van der Waals surface area contributed by atoms with E-state index in [1.54, 1.807) is 34.1 Å². The molecule has 1 aliphatic rings. The molecule has 5 nitrogen and oxygen atoms in total. The van der Waals surface area contributed by atoms with Crippen LogP contribution in [-0.2, 0) is 0 Å². The van der Waals surface area contributed by atoms with Crippen molar-refractivity contribution in [3.63, 3.8) is 0 Å². The number of hydrogen-bond acceptors (Lipinski definition) is 2. The van der Waals surface area contributed by atoms with E-state index in [9.17, 15) is 14.0 Å². The summed E-state index contributed by atoms with van der Waals surface area (Å²) in [5.74, 6) is -1.39. The van der Waals surface area contributed by atoms with Gasteiger partial charge in [0.1, 0.15) is 5.82 Å². The smallest absolute Gasteiger partial charge is 0.335 e. The molecule has 0 aromatic heterocycles. The fraction of sp³-hybridized carbons (Fsp3) is 0.176. The molecule has 0 radical (unpaired) electrons. The first-order chi connectivity index (χ1) is 11.1. The van der Waals surface area contributed by atoms with Crippen LogP contribution >= 0.6 is 0 Å². The lowest BCUT2D eigenvalue weighted by Crippen LogP contribution is -2.49. The molecule has 1 saturated heterocycles. The Morgan fingerprint density at radius 3 is 2.30 bits per heavy atom. The largest absolute Gasteiger partial charge is 0.478 e. The predicted molar refractivity (Wildman–Crippen MR) is 84.5 cm³/mol. The second-order valence-electron chi connectivity index (χ2n) is 5.27. The van der Waals surface area contributed by atoms with Crippen LogP contribution in [0.25, 0.3) is 0 Å². The number of carbonyl (C=O) groups is 2. The average Bonchev–Trinajstić information content (AvgIpc) is 2.56. The van der Waals surface area contributed by atoms with Crippen LogP contribution in [0, 0.1) is 5.82 Å². The number of carboxylic acid groups (broad SMARTS) is 1. The third kappa shape index (κ3) is 3.01. The van der Waals surface area contributed by atoms with Crippen molar-refractivity contribution in [2.45, 2.75) is 6.42 Å². The molecule has 23 heavy (non-hydrogen) atoms. The first-order valence-corrected chi connectivity index (χ1v) is 7.24. The number of hydrogen-bond donors (Lipinski definition) is 1. The fourth-order valence-corrected chi connectivity index (χ4v) is 2.63. The van der Waals surface area contributed by atoms with Crippen molar-refractivity contribution in [3.8, 4) is 0 Å². The standard InChI is InChI=1S/C17H15FN2O3/c18-13-5-7-14(8-6-13)19-9-2-10-20(17(19)23)15-4-1-3-12(11-15)16(21)22/h1,3-8,11H,2,9-10H2,(H,21,22). The maximum Gasteiger partial charge on any atom is 0.335 e. The zero-order valence-corrected chi connectivity index (χ0v) is 12.3. The molecular weight excluding hydrogens is 299 g/mol. The fourth-order valence-electron chi connectivity index (χ4n) is 2.63. The maximum absolute atomic E-state index is 13.0. The van der Waals surface area contributed by atoms with Gasteiger partial charge in [0.05, 0.1) is 5.56 Å². The molecule has 6 heteroatoms. The van der Waals surface area contributed by atoms with Crippen molar-refractivity contribution in [2.24, 2.45) is 0 Å². The summed E-state index contributed by atoms with van der Waals surface area (Å²) in [5, 5.41) is 9.08. The average molecular weight is 314 g/mol. The Kier molecular flexibility index (Phi) is 3.97.